The van der Waals surface area contributed by atoms with Gasteiger partial charge in [0.05, 0.1) is 0 Å². The molecule has 0 heterocycles. The minimum absolute atomic E-state index is 0.676. The number of hydrogen-bond acceptors (Lipinski definition) is 1. The van der Waals surface area contributed by atoms with E-state index in [1.807, 2.05) is 0 Å². The Hall–Kier alpha value is -3.84. The first-order valence-corrected chi connectivity index (χ1v) is 29.7. The van der Waals surface area contributed by atoms with Crippen LogP contribution in [0.5, 0.6) is 5.75 Å². The minimum atomic E-state index is -3.39. The molecule has 58 heavy (non-hydrogen) atoms. The maximum absolute atomic E-state index is 7.33. The zero-order valence-electron chi connectivity index (χ0n) is 33.9. The molecule has 5 heteroatoms. The summed E-state index contributed by atoms with van der Waals surface area (Å²) in [5.74, 6) is 1.02. The van der Waals surface area contributed by atoms with Crippen molar-refractivity contribution in [2.24, 2.45) is 0 Å². The molecule has 0 aromatic heterocycles. The number of unbranched alkanes of at least 4 members (excludes halogenated alkanes) is 5. The standard InChI is InChI=1S/C53H56Br2OP2/c1-3-4-5-6-7-26-39-56-53-45(42-57(54,47-27-14-8-15-28-47,48-29-16-9-17-30-48)49-31-18-10-19-32-49)40-44(2)41-46(53)43-58(55,50-33-20-11-21-34-50,51-35-22-12-23-36-51)52-37-24-13-25-38-52/h8-25,27-38,40-41H,3-7,26,39,42-43H2,1-2H3. The third-order valence-electron chi connectivity index (χ3n) is 11.8. The van der Waals surface area contributed by atoms with Gasteiger partial charge >= 0.3 is 366 Å². The van der Waals surface area contributed by atoms with Crippen molar-refractivity contribution in [1.29, 1.82) is 0 Å². The summed E-state index contributed by atoms with van der Waals surface area (Å²) in [6.07, 6.45) is 8.77. The van der Waals surface area contributed by atoms with Gasteiger partial charge in [0, 0.05) is 0 Å². The first kappa shape index (κ1) is 42.3. The van der Waals surface area contributed by atoms with Gasteiger partial charge in [0.1, 0.15) is 0 Å². The van der Waals surface area contributed by atoms with Crippen LogP contribution in [0.4, 0.5) is 0 Å². The van der Waals surface area contributed by atoms with Crippen molar-refractivity contribution < 1.29 is 4.74 Å². The van der Waals surface area contributed by atoms with Crippen LogP contribution in [-0.4, -0.2) is 6.61 Å². The Morgan fingerprint density at radius 2 is 0.672 bits per heavy atom. The van der Waals surface area contributed by atoms with Gasteiger partial charge in [-0.15, -0.1) is 0 Å². The SMILES string of the molecule is CCCCCCCCOc1c(CP(Br)(c2ccccc2)(c2ccccc2)c2ccccc2)cc(C)cc1CP(Br)(c1ccccc1)(c1ccccc1)c1ccccc1. The van der Waals surface area contributed by atoms with E-state index in [4.69, 9.17) is 35.7 Å². The molecule has 298 valence electrons. The van der Waals surface area contributed by atoms with Crippen LogP contribution in [0, 0.1) is 6.92 Å². The number of benzene rings is 7. The van der Waals surface area contributed by atoms with Crippen molar-refractivity contribution in [3.8, 4) is 5.75 Å². The maximum atomic E-state index is 7.33. The first-order chi connectivity index (χ1) is 28.3. The summed E-state index contributed by atoms with van der Waals surface area (Å²) in [5, 5.41) is 1.03. The summed E-state index contributed by atoms with van der Waals surface area (Å²) in [5.41, 5.74) is 3.70. The van der Waals surface area contributed by atoms with E-state index in [0.717, 1.165) is 24.5 Å². The van der Waals surface area contributed by atoms with Crippen LogP contribution in [0.15, 0.2) is 194 Å². The molecular formula is C53H56Br2OP2. The number of aryl methyl sites for hydroxylation is 1. The molecule has 7 rings (SSSR count). The van der Waals surface area contributed by atoms with Crippen LogP contribution in [0.3, 0.4) is 0 Å². The van der Waals surface area contributed by atoms with E-state index in [2.05, 4.69) is 208 Å². The van der Waals surface area contributed by atoms with E-state index in [1.54, 1.807) is 0 Å². The van der Waals surface area contributed by atoms with Crippen LogP contribution < -0.4 is 36.6 Å². The second-order valence-corrected chi connectivity index (χ2v) is 33.6. The summed E-state index contributed by atoms with van der Waals surface area (Å²) in [7, 11) is 0. The molecule has 7 aromatic carbocycles. The van der Waals surface area contributed by atoms with Gasteiger partial charge < -0.3 is 0 Å². The molecule has 0 atom stereocenters. The van der Waals surface area contributed by atoms with Crippen molar-refractivity contribution in [3.05, 3.63) is 211 Å². The van der Waals surface area contributed by atoms with Gasteiger partial charge in [0.2, 0.25) is 0 Å². The molecule has 1 nitrogen and oxygen atoms in total. The molecule has 0 saturated carbocycles. The van der Waals surface area contributed by atoms with E-state index in [9.17, 15) is 0 Å². The third kappa shape index (κ3) is 8.18. The van der Waals surface area contributed by atoms with Gasteiger partial charge in [-0.3, -0.25) is 0 Å². The quantitative estimate of drug-likeness (QED) is 0.0615. The molecule has 0 saturated heterocycles. The van der Waals surface area contributed by atoms with Gasteiger partial charge in [0.25, 0.3) is 0 Å². The first-order valence-electron chi connectivity index (χ1n) is 20.8. The molecule has 0 amide bonds. The van der Waals surface area contributed by atoms with Crippen LogP contribution >= 0.6 is 41.6 Å². The Bertz CT molecular complexity index is 2000. The predicted octanol–water partition coefficient (Wildman–Crippen LogP) is 13.4. The Labute approximate surface area is 363 Å². The van der Waals surface area contributed by atoms with Gasteiger partial charge in [0.15, 0.2) is 0 Å². The van der Waals surface area contributed by atoms with E-state index in [-0.39, 0.29) is 0 Å². The van der Waals surface area contributed by atoms with Crippen molar-refractivity contribution >= 4 is 73.4 Å². The average molecular weight is 931 g/mol. The molecular weight excluding hydrogens is 874 g/mol. The number of ether oxygens (including phenoxy) is 1. The van der Waals surface area contributed by atoms with Gasteiger partial charge in [-0.25, -0.2) is 0 Å². The normalized spacial score (nSPS) is 13.2. The molecule has 0 radical (unpaired) electrons. The Kier molecular flexibility index (Phi) is 13.6. The third-order valence-corrected chi connectivity index (χ3v) is 30.8. The molecule has 0 bridgehead atoms. The van der Waals surface area contributed by atoms with Crippen molar-refractivity contribution in [2.45, 2.75) is 64.7 Å². The van der Waals surface area contributed by atoms with Crippen molar-refractivity contribution in [2.75, 3.05) is 6.61 Å². The van der Waals surface area contributed by atoms with Crippen LogP contribution in [0.25, 0.3) is 0 Å². The number of halogens is 2. The van der Waals surface area contributed by atoms with Crippen LogP contribution in [0.2, 0.25) is 0 Å². The summed E-state index contributed by atoms with van der Waals surface area (Å²) in [4.78, 5) is 0. The van der Waals surface area contributed by atoms with Crippen molar-refractivity contribution in [1.82, 2.24) is 0 Å². The number of hydrogen-bond donors (Lipinski definition) is 0. The van der Waals surface area contributed by atoms with Crippen molar-refractivity contribution in [3.63, 3.8) is 0 Å². The molecule has 0 fully saturated rings. The predicted molar refractivity (Wildman–Crippen MR) is 266 cm³/mol. The van der Waals surface area contributed by atoms with E-state index in [0.29, 0.717) is 6.61 Å². The summed E-state index contributed by atoms with van der Waals surface area (Å²) >= 11 is 9.62. The summed E-state index contributed by atoms with van der Waals surface area (Å²) in [6, 6.07) is 71.8. The Balaban J connectivity index is 1.50. The Morgan fingerprint density at radius 3 is 0.966 bits per heavy atom. The van der Waals surface area contributed by atoms with Crippen LogP contribution in [-0.2, 0) is 12.3 Å². The zero-order chi connectivity index (χ0) is 40.4. The topological polar surface area (TPSA) is 9.23 Å². The fraction of sp³-hybridized carbons (Fsp3) is 0.208. The number of rotatable bonds is 18. The van der Waals surface area contributed by atoms with E-state index < -0.39 is 10.6 Å². The summed E-state index contributed by atoms with van der Waals surface area (Å²) < 4.78 is 7.33. The monoisotopic (exact) mass is 928 g/mol. The van der Waals surface area contributed by atoms with Gasteiger partial charge in [-0.2, -0.15) is 0 Å². The van der Waals surface area contributed by atoms with Gasteiger partial charge in [-0.05, 0) is 0 Å². The van der Waals surface area contributed by atoms with Gasteiger partial charge in [-0.1, -0.05) is 0 Å². The Morgan fingerprint density at radius 1 is 0.397 bits per heavy atom. The average Bonchev–Trinajstić information content (AvgIpc) is 3.28. The van der Waals surface area contributed by atoms with E-state index >= 15 is 0 Å². The molecule has 0 N–H and O–H groups in total. The molecule has 0 unspecified atom stereocenters. The fourth-order valence-corrected chi connectivity index (χ4v) is 24.2. The second-order valence-electron chi connectivity index (χ2n) is 15.7. The molecule has 0 aliphatic carbocycles. The second kappa shape index (κ2) is 18.6. The van der Waals surface area contributed by atoms with Crippen LogP contribution in [0.1, 0.15) is 62.1 Å². The molecule has 0 aliphatic rings. The molecule has 0 aliphatic heterocycles. The molecule has 7 aromatic rings. The van der Waals surface area contributed by atoms with E-state index in [1.165, 1.54) is 80.6 Å². The zero-order valence-corrected chi connectivity index (χ0v) is 38.9. The summed E-state index contributed by atoms with van der Waals surface area (Å²) in [6.45, 7) is 5.22. The molecule has 0 spiro atoms. The fourth-order valence-electron chi connectivity index (χ4n) is 8.92.